The fourth-order valence-electron chi connectivity index (χ4n) is 1.57. The molecule has 1 rings (SSSR count). The highest BCUT2D eigenvalue weighted by Crippen LogP contribution is 2.03. The van der Waals surface area contributed by atoms with Gasteiger partial charge in [0.1, 0.15) is 6.04 Å². The van der Waals surface area contributed by atoms with Crippen LogP contribution in [0, 0.1) is 11.3 Å². The predicted molar refractivity (Wildman–Crippen MR) is 68.3 cm³/mol. The zero-order valence-electron chi connectivity index (χ0n) is 10.3. The van der Waals surface area contributed by atoms with E-state index in [1.165, 1.54) is 0 Å². The lowest BCUT2D eigenvalue weighted by atomic mass is 10.1. The van der Waals surface area contributed by atoms with Gasteiger partial charge in [0, 0.05) is 13.0 Å². The lowest BCUT2D eigenvalue weighted by molar-refractivity contribution is -0.122. The Bertz CT molecular complexity index is 468. The second-order valence-corrected chi connectivity index (χ2v) is 3.89. The van der Waals surface area contributed by atoms with Crippen LogP contribution >= 0.6 is 0 Å². The van der Waals surface area contributed by atoms with Crippen LogP contribution in [0.2, 0.25) is 0 Å². The number of carboxylic acid groups (broad SMARTS) is 1. The van der Waals surface area contributed by atoms with Crippen LogP contribution in [0.15, 0.2) is 30.3 Å². The minimum absolute atomic E-state index is 0.191. The second-order valence-electron chi connectivity index (χ2n) is 3.89. The van der Waals surface area contributed by atoms with Gasteiger partial charge in [0.15, 0.2) is 0 Å². The molecule has 0 aliphatic heterocycles. The molecule has 1 unspecified atom stereocenters. The van der Waals surface area contributed by atoms with E-state index in [-0.39, 0.29) is 19.4 Å². The van der Waals surface area contributed by atoms with Gasteiger partial charge >= 0.3 is 6.09 Å². The molecule has 3 N–H and O–H groups in total. The summed E-state index contributed by atoms with van der Waals surface area (Å²) in [5.74, 6) is -0.429. The molecule has 0 saturated heterocycles. The van der Waals surface area contributed by atoms with E-state index in [4.69, 9.17) is 10.4 Å². The summed E-state index contributed by atoms with van der Waals surface area (Å²) >= 11 is 0. The number of hydrogen-bond donors (Lipinski definition) is 3. The number of hydrogen-bond acceptors (Lipinski definition) is 3. The molecule has 0 aromatic heterocycles. The van der Waals surface area contributed by atoms with Crippen molar-refractivity contribution in [3.8, 4) is 6.07 Å². The van der Waals surface area contributed by atoms with Crippen LogP contribution in [0.3, 0.4) is 0 Å². The van der Waals surface area contributed by atoms with Gasteiger partial charge in [0.05, 0.1) is 12.5 Å². The van der Waals surface area contributed by atoms with Gasteiger partial charge < -0.3 is 15.7 Å². The third kappa shape index (κ3) is 5.55. The van der Waals surface area contributed by atoms with Crippen LogP contribution in [0.4, 0.5) is 4.79 Å². The monoisotopic (exact) mass is 261 g/mol. The average Bonchev–Trinajstić information content (AvgIpc) is 2.39. The summed E-state index contributed by atoms with van der Waals surface area (Å²) in [5, 5.41) is 21.8. The lowest BCUT2D eigenvalue weighted by Gasteiger charge is -2.16. The number of amides is 2. The fraction of sp³-hybridized carbons (Fsp3) is 0.308. The van der Waals surface area contributed by atoms with Gasteiger partial charge in [0.2, 0.25) is 5.91 Å². The summed E-state index contributed by atoms with van der Waals surface area (Å²) in [5.41, 5.74) is 0.858. The molecule has 1 aromatic rings. The van der Waals surface area contributed by atoms with E-state index in [1.807, 2.05) is 36.4 Å². The minimum atomic E-state index is -1.25. The van der Waals surface area contributed by atoms with Gasteiger partial charge in [-0.1, -0.05) is 30.3 Å². The maximum atomic E-state index is 11.8. The first-order chi connectivity index (χ1) is 9.13. The molecular formula is C13H15N3O3. The zero-order chi connectivity index (χ0) is 14.1. The molecule has 6 heteroatoms. The van der Waals surface area contributed by atoms with Crippen LogP contribution < -0.4 is 10.6 Å². The summed E-state index contributed by atoms with van der Waals surface area (Å²) in [6.45, 7) is 0.210. The Morgan fingerprint density at radius 3 is 2.58 bits per heavy atom. The molecule has 100 valence electrons. The number of carbonyl (C=O) groups excluding carboxylic acids is 1. The van der Waals surface area contributed by atoms with Gasteiger partial charge in [-0.15, -0.1) is 0 Å². The topological polar surface area (TPSA) is 102 Å². The van der Waals surface area contributed by atoms with E-state index in [0.29, 0.717) is 0 Å². The lowest BCUT2D eigenvalue weighted by Crippen LogP contribution is -2.47. The van der Waals surface area contributed by atoms with E-state index >= 15 is 0 Å². The van der Waals surface area contributed by atoms with Gasteiger partial charge in [-0.25, -0.2) is 4.79 Å². The molecule has 0 spiro atoms. The summed E-state index contributed by atoms with van der Waals surface area (Å²) < 4.78 is 0. The highest BCUT2D eigenvalue weighted by atomic mass is 16.4. The van der Waals surface area contributed by atoms with Crippen molar-refractivity contribution in [1.82, 2.24) is 10.6 Å². The largest absolute Gasteiger partial charge is 0.465 e. The summed E-state index contributed by atoms with van der Waals surface area (Å²) in [6.07, 6.45) is -0.793. The van der Waals surface area contributed by atoms with Gasteiger partial charge in [-0.3, -0.25) is 4.79 Å². The van der Waals surface area contributed by atoms with Crippen molar-refractivity contribution >= 4 is 12.0 Å². The summed E-state index contributed by atoms with van der Waals surface area (Å²) in [7, 11) is 0. The smallest absolute Gasteiger partial charge is 0.405 e. The van der Waals surface area contributed by atoms with Gasteiger partial charge in [-0.2, -0.15) is 5.26 Å². The first-order valence-corrected chi connectivity index (χ1v) is 5.81. The molecular weight excluding hydrogens is 246 g/mol. The molecule has 0 aliphatic rings. The van der Waals surface area contributed by atoms with Crippen molar-refractivity contribution in [2.45, 2.75) is 18.9 Å². The normalized spacial score (nSPS) is 11.1. The van der Waals surface area contributed by atoms with E-state index in [9.17, 15) is 9.59 Å². The van der Waals surface area contributed by atoms with Crippen LogP contribution in [-0.4, -0.2) is 29.7 Å². The van der Waals surface area contributed by atoms with Gasteiger partial charge in [0.25, 0.3) is 0 Å². The maximum Gasteiger partial charge on any atom is 0.405 e. The van der Waals surface area contributed by atoms with Crippen LogP contribution in [-0.2, 0) is 11.2 Å². The number of rotatable bonds is 6. The molecule has 1 aromatic carbocycles. The Morgan fingerprint density at radius 2 is 2.00 bits per heavy atom. The Kier molecular flexibility index (Phi) is 5.89. The van der Waals surface area contributed by atoms with Crippen LogP contribution in [0.5, 0.6) is 0 Å². The van der Waals surface area contributed by atoms with Crippen LogP contribution in [0.25, 0.3) is 0 Å². The molecule has 0 radical (unpaired) electrons. The molecule has 6 nitrogen and oxygen atoms in total. The average molecular weight is 261 g/mol. The third-order valence-electron chi connectivity index (χ3n) is 2.43. The summed E-state index contributed by atoms with van der Waals surface area (Å²) in [4.78, 5) is 22.5. The van der Waals surface area contributed by atoms with Gasteiger partial charge in [-0.05, 0) is 5.56 Å². The van der Waals surface area contributed by atoms with E-state index in [1.54, 1.807) is 0 Å². The molecule has 0 bridgehead atoms. The molecule has 2 amide bonds. The number of nitrogens with zero attached hydrogens (tertiary/aromatic N) is 1. The summed E-state index contributed by atoms with van der Waals surface area (Å²) in [6, 6.07) is 10.2. The molecule has 0 saturated carbocycles. The predicted octanol–water partition coefficient (Wildman–Crippen LogP) is 0.895. The Balaban J connectivity index is 2.63. The van der Waals surface area contributed by atoms with Crippen molar-refractivity contribution in [3.63, 3.8) is 0 Å². The van der Waals surface area contributed by atoms with Crippen molar-refractivity contribution in [2.24, 2.45) is 0 Å². The Morgan fingerprint density at radius 1 is 1.32 bits per heavy atom. The van der Waals surface area contributed by atoms with Crippen molar-refractivity contribution < 1.29 is 14.7 Å². The van der Waals surface area contributed by atoms with Crippen molar-refractivity contribution in [2.75, 3.05) is 6.54 Å². The number of benzene rings is 1. The number of nitriles is 1. The van der Waals surface area contributed by atoms with E-state index in [2.05, 4.69) is 10.6 Å². The quantitative estimate of drug-likeness (QED) is 0.662. The van der Waals surface area contributed by atoms with Crippen molar-refractivity contribution in [1.29, 1.82) is 5.26 Å². The molecule has 19 heavy (non-hydrogen) atoms. The first kappa shape index (κ1) is 14.5. The fourth-order valence-corrected chi connectivity index (χ4v) is 1.57. The van der Waals surface area contributed by atoms with E-state index < -0.39 is 18.0 Å². The maximum absolute atomic E-state index is 11.8. The van der Waals surface area contributed by atoms with Crippen LogP contribution in [0.1, 0.15) is 12.0 Å². The molecule has 0 heterocycles. The third-order valence-corrected chi connectivity index (χ3v) is 2.43. The Labute approximate surface area is 111 Å². The molecule has 0 fully saturated rings. The molecule has 0 aliphatic carbocycles. The SMILES string of the molecule is N#CCCNC(=O)C(Cc1ccccc1)NC(=O)O. The Hall–Kier alpha value is -2.55. The second kappa shape index (κ2) is 7.71. The van der Waals surface area contributed by atoms with Crippen molar-refractivity contribution in [3.05, 3.63) is 35.9 Å². The van der Waals surface area contributed by atoms with E-state index in [0.717, 1.165) is 5.56 Å². The zero-order valence-corrected chi connectivity index (χ0v) is 10.3. The molecule has 1 atom stereocenters. The highest BCUT2D eigenvalue weighted by Gasteiger charge is 2.20. The number of carbonyl (C=O) groups is 2. The highest BCUT2D eigenvalue weighted by molar-refractivity contribution is 5.85. The number of nitrogens with one attached hydrogen (secondary N) is 2. The first-order valence-electron chi connectivity index (χ1n) is 5.81. The minimum Gasteiger partial charge on any atom is -0.465 e. The standard InChI is InChI=1S/C13H15N3O3/c14-7-4-8-15-12(17)11(16-13(18)19)9-10-5-2-1-3-6-10/h1-3,5-6,11,16H,4,8-9H2,(H,15,17)(H,18,19).